The number of esters is 1. The maximum absolute atomic E-state index is 11.1. The average molecular weight is 462 g/mol. The van der Waals surface area contributed by atoms with Crippen molar-refractivity contribution >= 4 is 43.8 Å². The topological polar surface area (TPSA) is 93.1 Å². The van der Waals surface area contributed by atoms with E-state index in [0.717, 1.165) is 4.47 Å². The van der Waals surface area contributed by atoms with Crippen LogP contribution in [0.2, 0.25) is 0 Å². The van der Waals surface area contributed by atoms with E-state index in [1.807, 2.05) is 0 Å². The second-order valence-corrected chi connectivity index (χ2v) is 6.02. The van der Waals surface area contributed by atoms with E-state index >= 15 is 0 Å². The van der Waals surface area contributed by atoms with E-state index in [1.54, 1.807) is 25.3 Å². The van der Waals surface area contributed by atoms with Crippen molar-refractivity contribution in [2.24, 2.45) is 0 Å². The van der Waals surface area contributed by atoms with Gasteiger partial charge in [-0.2, -0.15) is 0 Å². The van der Waals surface area contributed by atoms with E-state index in [0.29, 0.717) is 15.8 Å². The number of carbonyl (C=O) groups is 2. The van der Waals surface area contributed by atoms with Gasteiger partial charge in [0.1, 0.15) is 11.5 Å². The number of aromatic hydroxyl groups is 1. The Balaban J connectivity index is 0.000000243. The molecule has 0 saturated carbocycles. The summed E-state index contributed by atoms with van der Waals surface area (Å²) in [6.07, 6.45) is 0. The number of aromatic carboxylic acids is 1. The Morgan fingerprint density at radius 1 is 0.958 bits per heavy atom. The lowest BCUT2D eigenvalue weighted by atomic mass is 10.2. The Hall–Kier alpha value is -2.06. The molecule has 2 aromatic rings. The molecule has 0 saturated heterocycles. The highest BCUT2D eigenvalue weighted by molar-refractivity contribution is 9.10. The molecule has 0 aromatic heterocycles. The van der Waals surface area contributed by atoms with Crippen LogP contribution in [-0.2, 0) is 4.74 Å². The highest BCUT2D eigenvalue weighted by Crippen LogP contribution is 2.26. The van der Waals surface area contributed by atoms with Crippen LogP contribution < -0.4 is 4.74 Å². The second-order valence-electron chi connectivity index (χ2n) is 4.31. The minimum atomic E-state index is -1.05. The van der Waals surface area contributed by atoms with Gasteiger partial charge < -0.3 is 19.7 Å². The van der Waals surface area contributed by atoms with E-state index < -0.39 is 5.97 Å². The van der Waals surface area contributed by atoms with Crippen LogP contribution in [0, 0.1) is 0 Å². The van der Waals surface area contributed by atoms with Gasteiger partial charge in [-0.1, -0.05) is 0 Å². The molecule has 2 rings (SSSR count). The smallest absolute Gasteiger partial charge is 0.337 e. The molecule has 2 aromatic carbocycles. The first-order valence-corrected chi connectivity index (χ1v) is 8.02. The van der Waals surface area contributed by atoms with Crippen LogP contribution >= 0.6 is 31.9 Å². The van der Waals surface area contributed by atoms with Crippen LogP contribution in [-0.4, -0.2) is 36.4 Å². The number of rotatable bonds is 3. The van der Waals surface area contributed by atoms with Crippen molar-refractivity contribution in [3.63, 3.8) is 0 Å². The number of hydrogen-bond acceptors (Lipinski definition) is 5. The Labute approximate surface area is 155 Å². The predicted molar refractivity (Wildman–Crippen MR) is 94.8 cm³/mol. The SMILES string of the molecule is COC(=O)c1ccc(Br)c(OC)c1.O=C(O)c1ccc(Br)c(O)c1. The Morgan fingerprint density at radius 2 is 1.54 bits per heavy atom. The molecule has 0 unspecified atom stereocenters. The Bertz CT molecular complexity index is 745. The first kappa shape index (κ1) is 20.0. The molecule has 0 amide bonds. The van der Waals surface area contributed by atoms with Crippen molar-refractivity contribution in [3.05, 3.63) is 56.5 Å². The van der Waals surface area contributed by atoms with Crippen molar-refractivity contribution in [1.29, 1.82) is 0 Å². The molecule has 0 fully saturated rings. The van der Waals surface area contributed by atoms with E-state index in [1.165, 1.54) is 25.3 Å². The Morgan fingerprint density at radius 3 is 2.04 bits per heavy atom. The lowest BCUT2D eigenvalue weighted by molar-refractivity contribution is 0.0599. The van der Waals surface area contributed by atoms with Crippen molar-refractivity contribution in [3.8, 4) is 11.5 Å². The normalized spacial score (nSPS) is 9.50. The standard InChI is InChI=1S/C9H9BrO3.C7H5BrO3/c1-12-8-5-6(9(11)13-2)3-4-7(8)10;8-5-2-1-4(7(10)11)3-6(5)9/h3-5H,1-2H3;1-3,9H,(H,10,11). The number of carbonyl (C=O) groups excluding carboxylic acids is 1. The summed E-state index contributed by atoms with van der Waals surface area (Å²) < 4.78 is 10.9. The van der Waals surface area contributed by atoms with E-state index in [-0.39, 0.29) is 17.3 Å². The van der Waals surface area contributed by atoms with Crippen LogP contribution in [0.1, 0.15) is 20.7 Å². The van der Waals surface area contributed by atoms with Gasteiger partial charge in [0.05, 0.1) is 34.3 Å². The van der Waals surface area contributed by atoms with Gasteiger partial charge in [0, 0.05) is 0 Å². The number of phenolic OH excluding ortho intramolecular Hbond substituents is 1. The lowest BCUT2D eigenvalue weighted by Crippen LogP contribution is -2.01. The Kier molecular flexibility index (Phi) is 7.73. The molecular formula is C16H14Br2O6. The number of hydrogen-bond donors (Lipinski definition) is 2. The van der Waals surface area contributed by atoms with Gasteiger partial charge in [-0.25, -0.2) is 9.59 Å². The first-order valence-electron chi connectivity index (χ1n) is 6.43. The van der Waals surface area contributed by atoms with E-state index in [4.69, 9.17) is 14.9 Å². The summed E-state index contributed by atoms with van der Waals surface area (Å²) in [6.45, 7) is 0. The average Bonchev–Trinajstić information content (AvgIpc) is 2.57. The number of carboxylic acid groups (broad SMARTS) is 1. The second kappa shape index (κ2) is 9.29. The quantitative estimate of drug-likeness (QED) is 0.668. The van der Waals surface area contributed by atoms with Crippen LogP contribution in [0.4, 0.5) is 0 Å². The fraction of sp³-hybridized carbons (Fsp3) is 0.125. The monoisotopic (exact) mass is 460 g/mol. The predicted octanol–water partition coefficient (Wildman–Crippen LogP) is 4.10. The van der Waals surface area contributed by atoms with Gasteiger partial charge in [-0.05, 0) is 68.3 Å². The molecule has 24 heavy (non-hydrogen) atoms. The third-order valence-electron chi connectivity index (χ3n) is 2.77. The minimum absolute atomic E-state index is 0.0649. The van der Waals surface area contributed by atoms with Crippen LogP contribution in [0.5, 0.6) is 11.5 Å². The largest absolute Gasteiger partial charge is 0.507 e. The van der Waals surface area contributed by atoms with Crippen molar-refractivity contribution in [2.75, 3.05) is 14.2 Å². The third-order valence-corrected chi connectivity index (χ3v) is 4.09. The molecule has 0 aliphatic rings. The van der Waals surface area contributed by atoms with Gasteiger partial charge in [-0.15, -0.1) is 0 Å². The number of methoxy groups -OCH3 is 2. The lowest BCUT2D eigenvalue weighted by Gasteiger charge is -2.04. The zero-order chi connectivity index (χ0) is 18.3. The first-order chi connectivity index (χ1) is 11.3. The summed E-state index contributed by atoms with van der Waals surface area (Å²) in [7, 11) is 2.89. The summed E-state index contributed by atoms with van der Waals surface area (Å²) >= 11 is 6.32. The van der Waals surface area contributed by atoms with Gasteiger partial charge in [0.15, 0.2) is 0 Å². The molecule has 0 heterocycles. The molecule has 2 N–H and O–H groups in total. The van der Waals surface area contributed by atoms with Crippen LogP contribution in [0.15, 0.2) is 45.3 Å². The summed E-state index contributed by atoms with van der Waals surface area (Å²) in [4.78, 5) is 21.4. The highest BCUT2D eigenvalue weighted by atomic mass is 79.9. The molecule has 0 bridgehead atoms. The van der Waals surface area contributed by atoms with E-state index in [9.17, 15) is 9.59 Å². The van der Waals surface area contributed by atoms with Gasteiger partial charge in [0.25, 0.3) is 0 Å². The van der Waals surface area contributed by atoms with Crippen LogP contribution in [0.3, 0.4) is 0 Å². The highest BCUT2D eigenvalue weighted by Gasteiger charge is 2.08. The minimum Gasteiger partial charge on any atom is -0.507 e. The maximum atomic E-state index is 11.1. The zero-order valence-corrected chi connectivity index (χ0v) is 15.9. The third kappa shape index (κ3) is 5.54. The molecule has 0 spiro atoms. The molecule has 0 aliphatic heterocycles. The molecule has 0 atom stereocenters. The summed E-state index contributed by atoms with van der Waals surface area (Å²) in [6, 6.07) is 9.11. The molecule has 6 nitrogen and oxygen atoms in total. The van der Waals surface area contributed by atoms with Crippen molar-refractivity contribution < 1.29 is 29.3 Å². The van der Waals surface area contributed by atoms with Crippen molar-refractivity contribution in [1.82, 2.24) is 0 Å². The summed E-state index contributed by atoms with van der Waals surface area (Å²) in [5, 5.41) is 17.5. The summed E-state index contributed by atoms with van der Waals surface area (Å²) in [5.41, 5.74) is 0.549. The number of halogens is 2. The van der Waals surface area contributed by atoms with Crippen LogP contribution in [0.25, 0.3) is 0 Å². The summed E-state index contributed by atoms with van der Waals surface area (Å²) in [5.74, 6) is -0.869. The number of phenols is 1. The fourth-order valence-corrected chi connectivity index (χ4v) is 2.21. The maximum Gasteiger partial charge on any atom is 0.337 e. The zero-order valence-electron chi connectivity index (χ0n) is 12.7. The van der Waals surface area contributed by atoms with Crippen molar-refractivity contribution in [2.45, 2.75) is 0 Å². The molecule has 0 radical (unpaired) electrons. The number of ether oxygens (including phenoxy) is 2. The van der Waals surface area contributed by atoms with E-state index in [2.05, 4.69) is 36.6 Å². The number of carboxylic acids is 1. The fourth-order valence-electron chi connectivity index (χ4n) is 1.55. The molecular weight excluding hydrogens is 448 g/mol. The molecule has 0 aliphatic carbocycles. The van der Waals surface area contributed by atoms with Gasteiger partial charge in [-0.3, -0.25) is 0 Å². The van der Waals surface area contributed by atoms with Gasteiger partial charge >= 0.3 is 11.9 Å². The number of benzene rings is 2. The molecule has 128 valence electrons. The molecule has 8 heteroatoms. The van der Waals surface area contributed by atoms with Gasteiger partial charge in [0.2, 0.25) is 0 Å².